The Hall–Kier alpha value is -0.260. The van der Waals surface area contributed by atoms with Gasteiger partial charge in [-0.25, -0.2) is 0 Å². The molecule has 0 aliphatic heterocycles. The van der Waals surface area contributed by atoms with E-state index >= 15 is 0 Å². The van der Waals surface area contributed by atoms with Crippen molar-refractivity contribution in [1.82, 2.24) is 0 Å². The van der Waals surface area contributed by atoms with Crippen LogP contribution >= 0.6 is 0 Å². The molecule has 0 nitrogen and oxygen atoms in total. The normalized spacial score (nSPS) is 35.5. The Morgan fingerprint density at radius 1 is 1.36 bits per heavy atom. The van der Waals surface area contributed by atoms with Crippen LogP contribution in [0.25, 0.3) is 0 Å². The molecule has 0 radical (unpaired) electrons. The van der Waals surface area contributed by atoms with Crippen LogP contribution in [-0.2, 0) is 0 Å². The first-order valence-corrected chi connectivity index (χ1v) is 4.80. The highest BCUT2D eigenvalue weighted by atomic mass is 14.3. The van der Waals surface area contributed by atoms with E-state index < -0.39 is 0 Å². The van der Waals surface area contributed by atoms with Gasteiger partial charge in [0.15, 0.2) is 0 Å². The van der Waals surface area contributed by atoms with Crippen LogP contribution in [0.3, 0.4) is 0 Å². The molecule has 0 aromatic carbocycles. The van der Waals surface area contributed by atoms with E-state index in [1.54, 1.807) is 5.57 Å². The zero-order valence-electron chi connectivity index (χ0n) is 8.22. The van der Waals surface area contributed by atoms with Crippen LogP contribution in [0.2, 0.25) is 0 Å². The van der Waals surface area contributed by atoms with Crippen LogP contribution in [0.4, 0.5) is 0 Å². The summed E-state index contributed by atoms with van der Waals surface area (Å²) in [6, 6.07) is 0. The van der Waals surface area contributed by atoms with E-state index in [9.17, 15) is 0 Å². The molecule has 64 valence electrons. The molecule has 1 aliphatic rings. The molecule has 1 saturated carbocycles. The van der Waals surface area contributed by atoms with Crippen molar-refractivity contribution in [2.45, 2.75) is 40.5 Å². The molecule has 0 N–H and O–H groups in total. The molecule has 0 aromatic rings. The molecule has 0 heteroatoms. The van der Waals surface area contributed by atoms with Gasteiger partial charge in [-0.3, -0.25) is 0 Å². The van der Waals surface area contributed by atoms with Crippen LogP contribution in [0, 0.1) is 17.8 Å². The minimum absolute atomic E-state index is 0.734. The first-order chi connectivity index (χ1) is 5.09. The van der Waals surface area contributed by atoms with E-state index in [1.165, 1.54) is 12.8 Å². The molecule has 1 fully saturated rings. The fraction of sp³-hybridized carbons (Fsp3) is 0.818. The fourth-order valence-electron chi connectivity index (χ4n) is 2.10. The summed E-state index contributed by atoms with van der Waals surface area (Å²) in [5.74, 6) is 2.51. The SMILES string of the molecule is CC(C)C=C1CC(C)CC1C. The first kappa shape index (κ1) is 8.83. The molecule has 1 aliphatic carbocycles. The molecule has 11 heavy (non-hydrogen) atoms. The number of hydrogen-bond donors (Lipinski definition) is 0. The van der Waals surface area contributed by atoms with Crippen molar-refractivity contribution in [3.63, 3.8) is 0 Å². The Kier molecular flexibility index (Phi) is 2.75. The second kappa shape index (κ2) is 3.42. The number of allylic oxidation sites excluding steroid dienone is 2. The lowest BCUT2D eigenvalue weighted by Gasteiger charge is -2.05. The van der Waals surface area contributed by atoms with Gasteiger partial charge in [0, 0.05) is 0 Å². The van der Waals surface area contributed by atoms with Crippen LogP contribution < -0.4 is 0 Å². The van der Waals surface area contributed by atoms with E-state index in [4.69, 9.17) is 0 Å². The van der Waals surface area contributed by atoms with Gasteiger partial charge in [0.05, 0.1) is 0 Å². The minimum Gasteiger partial charge on any atom is -0.0825 e. The second-order valence-electron chi connectivity index (χ2n) is 4.43. The topological polar surface area (TPSA) is 0 Å². The minimum atomic E-state index is 0.734. The van der Waals surface area contributed by atoms with Gasteiger partial charge in [-0.1, -0.05) is 39.3 Å². The third-order valence-corrected chi connectivity index (χ3v) is 2.52. The molecule has 0 saturated heterocycles. The number of rotatable bonds is 1. The van der Waals surface area contributed by atoms with Gasteiger partial charge in [-0.05, 0) is 30.6 Å². The summed E-state index contributed by atoms with van der Waals surface area (Å²) in [5, 5.41) is 0. The van der Waals surface area contributed by atoms with Crippen molar-refractivity contribution in [2.75, 3.05) is 0 Å². The van der Waals surface area contributed by atoms with Crippen molar-refractivity contribution < 1.29 is 0 Å². The van der Waals surface area contributed by atoms with E-state index in [0.717, 1.165) is 17.8 Å². The Balaban J connectivity index is 2.59. The lowest BCUT2D eigenvalue weighted by molar-refractivity contribution is 0.563. The van der Waals surface area contributed by atoms with E-state index in [2.05, 4.69) is 33.8 Å². The van der Waals surface area contributed by atoms with Crippen molar-refractivity contribution >= 4 is 0 Å². The predicted molar refractivity (Wildman–Crippen MR) is 50.5 cm³/mol. The van der Waals surface area contributed by atoms with Crippen molar-refractivity contribution in [3.8, 4) is 0 Å². The molecule has 0 spiro atoms. The molecular weight excluding hydrogens is 132 g/mol. The third kappa shape index (κ3) is 2.36. The summed E-state index contributed by atoms with van der Waals surface area (Å²) in [7, 11) is 0. The van der Waals surface area contributed by atoms with Gasteiger partial charge >= 0.3 is 0 Å². The van der Waals surface area contributed by atoms with Crippen LogP contribution in [-0.4, -0.2) is 0 Å². The summed E-state index contributed by atoms with van der Waals surface area (Å²) in [5.41, 5.74) is 1.70. The predicted octanol–water partition coefficient (Wildman–Crippen LogP) is 3.63. The van der Waals surface area contributed by atoms with Crippen molar-refractivity contribution in [3.05, 3.63) is 11.6 Å². The highest BCUT2D eigenvalue weighted by molar-refractivity contribution is 5.12. The summed E-state index contributed by atoms with van der Waals surface area (Å²) in [6.07, 6.45) is 5.20. The largest absolute Gasteiger partial charge is 0.0825 e. The Morgan fingerprint density at radius 3 is 2.36 bits per heavy atom. The maximum Gasteiger partial charge on any atom is -0.0229 e. The maximum atomic E-state index is 2.45. The van der Waals surface area contributed by atoms with Gasteiger partial charge in [0.1, 0.15) is 0 Å². The van der Waals surface area contributed by atoms with Gasteiger partial charge < -0.3 is 0 Å². The molecule has 0 bridgehead atoms. The maximum absolute atomic E-state index is 2.45. The summed E-state index contributed by atoms with van der Waals surface area (Å²) < 4.78 is 0. The van der Waals surface area contributed by atoms with Crippen LogP contribution in [0.1, 0.15) is 40.5 Å². The fourth-order valence-corrected chi connectivity index (χ4v) is 2.10. The summed E-state index contributed by atoms with van der Waals surface area (Å²) in [4.78, 5) is 0. The van der Waals surface area contributed by atoms with Gasteiger partial charge in [0.25, 0.3) is 0 Å². The monoisotopic (exact) mass is 152 g/mol. The van der Waals surface area contributed by atoms with Crippen LogP contribution in [0.15, 0.2) is 11.6 Å². The summed E-state index contributed by atoms with van der Waals surface area (Å²) >= 11 is 0. The smallest absolute Gasteiger partial charge is 0.0229 e. The lowest BCUT2D eigenvalue weighted by Crippen LogP contribution is -1.91. The zero-order valence-corrected chi connectivity index (χ0v) is 8.22. The quantitative estimate of drug-likeness (QED) is 0.503. The second-order valence-corrected chi connectivity index (χ2v) is 4.43. The highest BCUT2D eigenvalue weighted by Gasteiger charge is 2.22. The molecule has 0 amide bonds. The third-order valence-electron chi connectivity index (χ3n) is 2.52. The van der Waals surface area contributed by atoms with Gasteiger partial charge in [0.2, 0.25) is 0 Å². The standard InChI is InChI=1S/C11H20/c1-8(2)5-11-7-9(3)6-10(11)4/h5,8-10H,6-7H2,1-4H3. The molecule has 0 aromatic heterocycles. The average molecular weight is 152 g/mol. The molecule has 1 rings (SSSR count). The number of hydrogen-bond acceptors (Lipinski definition) is 0. The molecular formula is C11H20. The Labute approximate surface area is 70.7 Å². The van der Waals surface area contributed by atoms with E-state index in [1.807, 2.05) is 0 Å². The Morgan fingerprint density at radius 2 is 2.00 bits per heavy atom. The van der Waals surface area contributed by atoms with E-state index in [0.29, 0.717) is 0 Å². The van der Waals surface area contributed by atoms with Crippen molar-refractivity contribution in [2.24, 2.45) is 17.8 Å². The molecule has 2 atom stereocenters. The van der Waals surface area contributed by atoms with Crippen molar-refractivity contribution in [1.29, 1.82) is 0 Å². The lowest BCUT2D eigenvalue weighted by atomic mass is 10.0. The van der Waals surface area contributed by atoms with E-state index in [-0.39, 0.29) is 0 Å². The molecule has 2 unspecified atom stereocenters. The zero-order chi connectivity index (χ0) is 8.43. The van der Waals surface area contributed by atoms with Gasteiger partial charge in [-0.15, -0.1) is 0 Å². The Bertz CT molecular complexity index is 153. The highest BCUT2D eigenvalue weighted by Crippen LogP contribution is 2.35. The molecule has 0 heterocycles. The average Bonchev–Trinajstić information content (AvgIpc) is 2.09. The van der Waals surface area contributed by atoms with Crippen LogP contribution in [0.5, 0.6) is 0 Å². The summed E-state index contributed by atoms with van der Waals surface area (Å²) in [6.45, 7) is 9.25. The first-order valence-electron chi connectivity index (χ1n) is 4.80. The van der Waals surface area contributed by atoms with Gasteiger partial charge in [-0.2, -0.15) is 0 Å².